The predicted octanol–water partition coefficient (Wildman–Crippen LogP) is 2.34. The van der Waals surface area contributed by atoms with E-state index in [4.69, 9.17) is 4.74 Å². The molecule has 0 fully saturated rings. The van der Waals surface area contributed by atoms with Gasteiger partial charge in [0.05, 0.1) is 6.04 Å². The molecule has 1 aromatic heterocycles. The van der Waals surface area contributed by atoms with Crippen molar-refractivity contribution in [1.82, 2.24) is 15.6 Å². The first kappa shape index (κ1) is 18.6. The quantitative estimate of drug-likeness (QED) is 0.722. The molecule has 0 aliphatic rings. The van der Waals surface area contributed by atoms with E-state index in [9.17, 15) is 9.59 Å². The van der Waals surface area contributed by atoms with Crippen molar-refractivity contribution in [2.45, 2.75) is 19.4 Å². The lowest BCUT2D eigenvalue weighted by molar-refractivity contribution is 0.0939. The van der Waals surface area contributed by atoms with Crippen LogP contribution < -0.4 is 10.6 Å². The first-order valence-corrected chi connectivity index (χ1v) is 8.21. The van der Waals surface area contributed by atoms with Crippen molar-refractivity contribution in [1.29, 1.82) is 0 Å². The van der Waals surface area contributed by atoms with Gasteiger partial charge in [0.2, 0.25) is 0 Å². The average molecular weight is 341 g/mol. The van der Waals surface area contributed by atoms with Gasteiger partial charge in [-0.1, -0.05) is 30.3 Å². The van der Waals surface area contributed by atoms with Gasteiger partial charge in [-0.15, -0.1) is 0 Å². The number of pyridine rings is 1. The van der Waals surface area contributed by atoms with Crippen LogP contribution in [0, 0.1) is 0 Å². The van der Waals surface area contributed by atoms with E-state index >= 15 is 0 Å². The number of carbonyl (C=O) groups is 2. The highest BCUT2D eigenvalue weighted by Crippen LogP contribution is 2.12. The smallest absolute Gasteiger partial charge is 0.269 e. The van der Waals surface area contributed by atoms with Crippen molar-refractivity contribution in [2.75, 3.05) is 20.3 Å². The Morgan fingerprint density at radius 3 is 2.64 bits per heavy atom. The number of hydrogen-bond acceptors (Lipinski definition) is 4. The topological polar surface area (TPSA) is 80.3 Å². The average Bonchev–Trinajstić information content (AvgIpc) is 2.65. The number of amides is 2. The molecule has 6 heteroatoms. The maximum atomic E-state index is 12.4. The van der Waals surface area contributed by atoms with Crippen LogP contribution in [0.25, 0.3) is 0 Å². The molecule has 0 aliphatic carbocycles. The molecule has 6 nitrogen and oxygen atoms in total. The van der Waals surface area contributed by atoms with E-state index in [0.29, 0.717) is 18.7 Å². The van der Waals surface area contributed by atoms with Crippen molar-refractivity contribution >= 4 is 11.8 Å². The lowest BCUT2D eigenvalue weighted by atomic mass is 10.1. The summed E-state index contributed by atoms with van der Waals surface area (Å²) in [7, 11) is 1.61. The minimum atomic E-state index is -0.304. The summed E-state index contributed by atoms with van der Waals surface area (Å²) in [5, 5.41) is 5.68. The zero-order valence-corrected chi connectivity index (χ0v) is 14.5. The summed E-state index contributed by atoms with van der Waals surface area (Å²) >= 11 is 0. The number of carbonyl (C=O) groups excluding carboxylic acids is 2. The highest BCUT2D eigenvalue weighted by molar-refractivity contribution is 5.98. The second-order valence-electron chi connectivity index (χ2n) is 5.64. The normalized spacial score (nSPS) is 11.6. The molecule has 0 radical (unpaired) electrons. The molecule has 0 aliphatic heterocycles. The van der Waals surface area contributed by atoms with E-state index in [1.165, 1.54) is 12.3 Å². The van der Waals surface area contributed by atoms with E-state index in [2.05, 4.69) is 15.6 Å². The second kappa shape index (κ2) is 9.54. The van der Waals surface area contributed by atoms with Gasteiger partial charge in [0.15, 0.2) is 0 Å². The molecule has 1 atom stereocenters. The van der Waals surface area contributed by atoms with Gasteiger partial charge in [-0.3, -0.25) is 14.6 Å². The molecule has 2 rings (SSSR count). The molecule has 1 unspecified atom stereocenters. The highest BCUT2D eigenvalue weighted by Gasteiger charge is 2.14. The fourth-order valence-electron chi connectivity index (χ4n) is 2.31. The van der Waals surface area contributed by atoms with Crippen LogP contribution in [-0.2, 0) is 4.74 Å². The fourth-order valence-corrected chi connectivity index (χ4v) is 2.31. The number of ether oxygens (including phenoxy) is 1. The zero-order valence-electron chi connectivity index (χ0n) is 14.5. The molecular formula is C19H23N3O3. The van der Waals surface area contributed by atoms with Crippen molar-refractivity contribution in [3.05, 3.63) is 65.5 Å². The van der Waals surface area contributed by atoms with Gasteiger partial charge in [-0.25, -0.2) is 0 Å². The largest absolute Gasteiger partial charge is 0.385 e. The van der Waals surface area contributed by atoms with Gasteiger partial charge in [0, 0.05) is 32.0 Å². The first-order chi connectivity index (χ1) is 12.1. The third-order valence-corrected chi connectivity index (χ3v) is 3.71. The molecule has 132 valence electrons. The van der Waals surface area contributed by atoms with Crippen molar-refractivity contribution in [2.24, 2.45) is 0 Å². The Balaban J connectivity index is 1.97. The van der Waals surface area contributed by atoms with E-state index < -0.39 is 0 Å². The summed E-state index contributed by atoms with van der Waals surface area (Å²) in [5.41, 5.74) is 1.64. The summed E-state index contributed by atoms with van der Waals surface area (Å²) in [4.78, 5) is 28.5. The van der Waals surface area contributed by atoms with Gasteiger partial charge in [0.25, 0.3) is 11.8 Å². The van der Waals surface area contributed by atoms with Crippen LogP contribution >= 0.6 is 0 Å². The van der Waals surface area contributed by atoms with Gasteiger partial charge in [-0.2, -0.15) is 0 Å². The Bertz CT molecular complexity index is 704. The fraction of sp³-hybridized carbons (Fsp3) is 0.316. The Morgan fingerprint density at radius 2 is 1.92 bits per heavy atom. The molecule has 2 aromatic rings. The maximum absolute atomic E-state index is 12.4. The van der Waals surface area contributed by atoms with E-state index in [0.717, 1.165) is 12.0 Å². The van der Waals surface area contributed by atoms with E-state index in [1.54, 1.807) is 13.2 Å². The number of aromatic nitrogens is 1. The lowest BCUT2D eigenvalue weighted by Crippen LogP contribution is -2.28. The van der Waals surface area contributed by atoms with Crippen molar-refractivity contribution in [3.8, 4) is 0 Å². The maximum Gasteiger partial charge on any atom is 0.269 e. The molecule has 0 spiro atoms. The number of methoxy groups -OCH3 is 1. The standard InChI is InChI=1S/C19H23N3O3/c1-14(15-7-4-3-5-8-15)22-18(23)16-9-11-20-17(13-16)19(24)21-10-6-12-25-2/h3-5,7-9,11,13-14H,6,10,12H2,1-2H3,(H,21,24)(H,22,23). The number of nitrogens with one attached hydrogen (secondary N) is 2. The second-order valence-corrected chi connectivity index (χ2v) is 5.64. The minimum Gasteiger partial charge on any atom is -0.385 e. The molecule has 25 heavy (non-hydrogen) atoms. The highest BCUT2D eigenvalue weighted by atomic mass is 16.5. The monoisotopic (exact) mass is 341 g/mol. The van der Waals surface area contributed by atoms with Gasteiger partial charge in [-0.05, 0) is 31.0 Å². The molecule has 0 bridgehead atoms. The Labute approximate surface area is 147 Å². The molecule has 1 heterocycles. The summed E-state index contributed by atoms with van der Waals surface area (Å²) in [5.74, 6) is -0.547. The lowest BCUT2D eigenvalue weighted by Gasteiger charge is -2.14. The third kappa shape index (κ3) is 5.69. The summed E-state index contributed by atoms with van der Waals surface area (Å²) in [6.07, 6.45) is 2.18. The Kier molecular flexibility index (Phi) is 7.10. The van der Waals surface area contributed by atoms with Gasteiger partial charge >= 0.3 is 0 Å². The Morgan fingerprint density at radius 1 is 1.16 bits per heavy atom. The number of nitrogens with zero attached hydrogens (tertiary/aromatic N) is 1. The Hall–Kier alpha value is -2.73. The van der Waals surface area contributed by atoms with Crippen LogP contribution in [0.4, 0.5) is 0 Å². The van der Waals surface area contributed by atoms with Crippen LogP contribution in [0.5, 0.6) is 0 Å². The summed E-state index contributed by atoms with van der Waals surface area (Å²) in [6.45, 7) is 2.99. The predicted molar refractivity (Wildman–Crippen MR) is 95.4 cm³/mol. The summed E-state index contributed by atoms with van der Waals surface area (Å²) < 4.78 is 4.93. The van der Waals surface area contributed by atoms with Crippen molar-refractivity contribution < 1.29 is 14.3 Å². The van der Waals surface area contributed by atoms with Gasteiger partial charge in [0.1, 0.15) is 5.69 Å². The van der Waals surface area contributed by atoms with Crippen molar-refractivity contribution in [3.63, 3.8) is 0 Å². The molecule has 0 saturated heterocycles. The number of rotatable bonds is 8. The van der Waals surface area contributed by atoms with Crippen LogP contribution in [0.1, 0.15) is 45.8 Å². The van der Waals surface area contributed by atoms with E-state index in [-0.39, 0.29) is 23.6 Å². The van der Waals surface area contributed by atoms with Crippen LogP contribution in [-0.4, -0.2) is 37.1 Å². The SMILES string of the molecule is COCCCNC(=O)c1cc(C(=O)NC(C)c2ccccc2)ccn1. The summed E-state index contributed by atoms with van der Waals surface area (Å²) in [6, 6.07) is 12.7. The van der Waals surface area contributed by atoms with Gasteiger partial charge < -0.3 is 15.4 Å². The minimum absolute atomic E-state index is 0.131. The molecule has 2 amide bonds. The molecule has 0 saturated carbocycles. The third-order valence-electron chi connectivity index (χ3n) is 3.71. The van der Waals surface area contributed by atoms with Crippen LogP contribution in [0.3, 0.4) is 0 Å². The number of benzene rings is 1. The molecule has 2 N–H and O–H groups in total. The first-order valence-electron chi connectivity index (χ1n) is 8.21. The molecule has 1 aromatic carbocycles. The number of hydrogen-bond donors (Lipinski definition) is 2. The van der Waals surface area contributed by atoms with E-state index in [1.807, 2.05) is 37.3 Å². The van der Waals surface area contributed by atoms with Crippen LogP contribution in [0.15, 0.2) is 48.7 Å². The molecular weight excluding hydrogens is 318 g/mol. The van der Waals surface area contributed by atoms with Crippen LogP contribution in [0.2, 0.25) is 0 Å². The zero-order chi connectivity index (χ0) is 18.1.